The van der Waals surface area contributed by atoms with Gasteiger partial charge in [0.1, 0.15) is 5.82 Å². The maximum Gasteiger partial charge on any atom is 0.248 e. The Bertz CT molecular complexity index is 417. The quantitative estimate of drug-likeness (QED) is 0.839. The third-order valence-electron chi connectivity index (χ3n) is 2.83. The van der Waals surface area contributed by atoms with E-state index in [1.165, 1.54) is 6.07 Å². The average molecular weight is 238 g/mol. The molecule has 1 fully saturated rings. The Morgan fingerprint density at radius 2 is 2.12 bits per heavy atom. The third-order valence-corrected chi connectivity index (χ3v) is 2.83. The fraction of sp³-hybridized carbons (Fsp3) is 0.417. The first-order chi connectivity index (χ1) is 8.16. The second-order valence-electron chi connectivity index (χ2n) is 4.09. The summed E-state index contributed by atoms with van der Waals surface area (Å²) < 4.78 is 18.9. The standard InChI is InChI=1S/C12H15FN2O2/c13-10-7-8(12(14)16)1-2-11(10)15-9-3-5-17-6-4-9/h1-2,7,9,15H,3-6H2,(H2,14,16). The third kappa shape index (κ3) is 2.94. The topological polar surface area (TPSA) is 64.4 Å². The predicted molar refractivity (Wildman–Crippen MR) is 62.4 cm³/mol. The van der Waals surface area contributed by atoms with Gasteiger partial charge in [0, 0.05) is 24.8 Å². The van der Waals surface area contributed by atoms with Gasteiger partial charge in [-0.1, -0.05) is 0 Å². The molecule has 1 aliphatic heterocycles. The smallest absolute Gasteiger partial charge is 0.248 e. The van der Waals surface area contributed by atoms with E-state index in [4.69, 9.17) is 10.5 Å². The van der Waals surface area contributed by atoms with Crippen LogP contribution in [-0.4, -0.2) is 25.2 Å². The number of nitrogens with one attached hydrogen (secondary N) is 1. The molecule has 0 atom stereocenters. The summed E-state index contributed by atoms with van der Waals surface area (Å²) >= 11 is 0. The van der Waals surface area contributed by atoms with Gasteiger partial charge < -0.3 is 15.8 Å². The molecule has 1 aliphatic rings. The lowest BCUT2D eigenvalue weighted by Gasteiger charge is -2.24. The normalized spacial score (nSPS) is 16.8. The zero-order valence-electron chi connectivity index (χ0n) is 9.41. The summed E-state index contributed by atoms with van der Waals surface area (Å²) in [5.41, 5.74) is 5.66. The molecule has 1 aromatic carbocycles. The molecule has 4 nitrogen and oxygen atoms in total. The van der Waals surface area contributed by atoms with Crippen molar-refractivity contribution < 1.29 is 13.9 Å². The van der Waals surface area contributed by atoms with Crippen LogP contribution < -0.4 is 11.1 Å². The van der Waals surface area contributed by atoms with Gasteiger partial charge in [-0.25, -0.2) is 4.39 Å². The molecule has 0 unspecified atom stereocenters. The Hall–Kier alpha value is -1.62. The lowest BCUT2D eigenvalue weighted by molar-refractivity contribution is 0.0904. The molecule has 3 N–H and O–H groups in total. The van der Waals surface area contributed by atoms with Crippen molar-refractivity contribution in [3.8, 4) is 0 Å². The fourth-order valence-electron chi connectivity index (χ4n) is 1.85. The van der Waals surface area contributed by atoms with Crippen LogP contribution in [0.5, 0.6) is 0 Å². The minimum absolute atomic E-state index is 0.181. The minimum atomic E-state index is -0.624. The van der Waals surface area contributed by atoms with Crippen LogP contribution in [0.25, 0.3) is 0 Å². The van der Waals surface area contributed by atoms with Crippen molar-refractivity contribution >= 4 is 11.6 Å². The number of primary amides is 1. The Morgan fingerprint density at radius 1 is 1.41 bits per heavy atom. The van der Waals surface area contributed by atoms with Crippen LogP contribution in [0.15, 0.2) is 18.2 Å². The highest BCUT2D eigenvalue weighted by molar-refractivity contribution is 5.93. The fourth-order valence-corrected chi connectivity index (χ4v) is 1.85. The molecule has 1 aromatic rings. The van der Waals surface area contributed by atoms with E-state index in [1.54, 1.807) is 6.07 Å². The van der Waals surface area contributed by atoms with Gasteiger partial charge >= 0.3 is 0 Å². The monoisotopic (exact) mass is 238 g/mol. The SMILES string of the molecule is NC(=O)c1ccc(NC2CCOCC2)c(F)c1. The first-order valence-electron chi connectivity index (χ1n) is 5.60. The van der Waals surface area contributed by atoms with Gasteiger partial charge in [0.15, 0.2) is 0 Å². The highest BCUT2D eigenvalue weighted by Gasteiger charge is 2.15. The lowest BCUT2D eigenvalue weighted by atomic mass is 10.1. The summed E-state index contributed by atoms with van der Waals surface area (Å²) in [7, 11) is 0. The number of carbonyl (C=O) groups is 1. The molecule has 0 saturated carbocycles. The van der Waals surface area contributed by atoms with Crippen LogP contribution in [0, 0.1) is 5.82 Å². The van der Waals surface area contributed by atoms with Crippen molar-refractivity contribution in [2.75, 3.05) is 18.5 Å². The molecule has 92 valence electrons. The average Bonchev–Trinajstić information content (AvgIpc) is 2.33. The number of nitrogens with two attached hydrogens (primary N) is 1. The van der Waals surface area contributed by atoms with E-state index in [0.29, 0.717) is 18.9 Å². The zero-order valence-corrected chi connectivity index (χ0v) is 9.41. The van der Waals surface area contributed by atoms with Gasteiger partial charge in [-0.3, -0.25) is 4.79 Å². The molecule has 0 aromatic heterocycles. The maximum atomic E-state index is 13.7. The van der Waals surface area contributed by atoms with Gasteiger partial charge in [-0.15, -0.1) is 0 Å². The van der Waals surface area contributed by atoms with E-state index in [9.17, 15) is 9.18 Å². The lowest BCUT2D eigenvalue weighted by Crippen LogP contribution is -2.28. The zero-order chi connectivity index (χ0) is 12.3. The van der Waals surface area contributed by atoms with Crippen molar-refractivity contribution in [2.24, 2.45) is 5.73 Å². The molecule has 17 heavy (non-hydrogen) atoms. The van der Waals surface area contributed by atoms with Crippen molar-refractivity contribution in [3.63, 3.8) is 0 Å². The van der Waals surface area contributed by atoms with Gasteiger partial charge in [0.2, 0.25) is 5.91 Å². The highest BCUT2D eigenvalue weighted by Crippen LogP contribution is 2.19. The molecule has 1 saturated heterocycles. The van der Waals surface area contributed by atoms with Gasteiger partial charge in [0.05, 0.1) is 5.69 Å². The maximum absolute atomic E-state index is 13.7. The highest BCUT2D eigenvalue weighted by atomic mass is 19.1. The number of hydrogen-bond acceptors (Lipinski definition) is 3. The first kappa shape index (κ1) is 11.9. The van der Waals surface area contributed by atoms with E-state index >= 15 is 0 Å². The van der Waals surface area contributed by atoms with Crippen LogP contribution in [0.3, 0.4) is 0 Å². The van der Waals surface area contributed by atoms with E-state index in [2.05, 4.69) is 5.32 Å². The molecule has 0 spiro atoms. The summed E-state index contributed by atoms with van der Waals surface area (Å²) in [5.74, 6) is -1.07. The summed E-state index contributed by atoms with van der Waals surface area (Å²) in [6.45, 7) is 1.39. The molecule has 0 bridgehead atoms. The van der Waals surface area contributed by atoms with Crippen LogP contribution in [-0.2, 0) is 4.74 Å². The largest absolute Gasteiger partial charge is 0.381 e. The van der Waals surface area contributed by atoms with Gasteiger partial charge in [-0.05, 0) is 31.0 Å². The molecule has 1 amide bonds. The molecule has 1 heterocycles. The predicted octanol–water partition coefficient (Wildman–Crippen LogP) is 1.52. The number of amides is 1. The van der Waals surface area contributed by atoms with Crippen LogP contribution in [0.1, 0.15) is 23.2 Å². The molecule has 2 rings (SSSR count). The number of benzene rings is 1. The second kappa shape index (κ2) is 5.14. The summed E-state index contributed by atoms with van der Waals surface area (Å²) in [5, 5.41) is 3.11. The Balaban J connectivity index is 2.08. The number of anilines is 1. The van der Waals surface area contributed by atoms with E-state index < -0.39 is 11.7 Å². The van der Waals surface area contributed by atoms with Gasteiger partial charge in [-0.2, -0.15) is 0 Å². The Kier molecular flexibility index (Phi) is 3.58. The molecule has 0 aliphatic carbocycles. The summed E-state index contributed by atoms with van der Waals surface area (Å²) in [6.07, 6.45) is 1.72. The molecule has 5 heteroatoms. The number of hydrogen-bond donors (Lipinski definition) is 2. The minimum Gasteiger partial charge on any atom is -0.381 e. The summed E-state index contributed by atoms with van der Waals surface area (Å²) in [6, 6.07) is 4.44. The van der Waals surface area contributed by atoms with Crippen molar-refractivity contribution in [3.05, 3.63) is 29.6 Å². The van der Waals surface area contributed by atoms with Crippen LogP contribution >= 0.6 is 0 Å². The van der Waals surface area contributed by atoms with Gasteiger partial charge in [0.25, 0.3) is 0 Å². The number of ether oxygens (including phenoxy) is 1. The van der Waals surface area contributed by atoms with Crippen LogP contribution in [0.4, 0.5) is 10.1 Å². The Labute approximate surface area is 98.9 Å². The number of rotatable bonds is 3. The Morgan fingerprint density at radius 3 is 2.71 bits per heavy atom. The van der Waals surface area contributed by atoms with E-state index in [0.717, 1.165) is 18.9 Å². The second-order valence-corrected chi connectivity index (χ2v) is 4.09. The van der Waals surface area contributed by atoms with Crippen molar-refractivity contribution in [1.82, 2.24) is 0 Å². The molecular weight excluding hydrogens is 223 g/mol. The van der Waals surface area contributed by atoms with E-state index in [1.807, 2.05) is 0 Å². The van der Waals surface area contributed by atoms with E-state index in [-0.39, 0.29) is 11.6 Å². The van der Waals surface area contributed by atoms with Crippen LogP contribution in [0.2, 0.25) is 0 Å². The van der Waals surface area contributed by atoms with Crippen molar-refractivity contribution in [2.45, 2.75) is 18.9 Å². The molecular formula is C12H15FN2O2. The van der Waals surface area contributed by atoms with Crippen molar-refractivity contribution in [1.29, 1.82) is 0 Å². The first-order valence-corrected chi connectivity index (χ1v) is 5.60. The number of halogens is 1. The summed E-state index contributed by atoms with van der Waals surface area (Å²) in [4.78, 5) is 10.9. The number of carbonyl (C=O) groups excluding carboxylic acids is 1. The molecule has 0 radical (unpaired) electrons.